The van der Waals surface area contributed by atoms with E-state index in [1.807, 2.05) is 13.0 Å². The number of halogens is 3. The first-order valence-corrected chi connectivity index (χ1v) is 10.5. The normalized spacial score (nSPS) is 25.8. The molecule has 1 aliphatic carbocycles. The Bertz CT molecular complexity index is 1160. The lowest BCUT2D eigenvalue weighted by atomic mass is 9.97. The van der Waals surface area contributed by atoms with Crippen LogP contribution in [0.3, 0.4) is 0 Å². The van der Waals surface area contributed by atoms with Crippen molar-refractivity contribution in [2.75, 3.05) is 6.54 Å². The fourth-order valence-corrected chi connectivity index (χ4v) is 4.72. The average Bonchev–Trinajstić information content (AvgIpc) is 3.30. The van der Waals surface area contributed by atoms with Crippen LogP contribution in [-0.4, -0.2) is 49.6 Å². The number of hydrogen-bond donors (Lipinski definition) is 3. The number of rotatable bonds is 3. The number of aryl methyl sites for hydroxylation is 1. The number of fused-ring (bicyclic) bond motifs is 2. The number of aliphatic hydroxyl groups excluding tert-OH is 2. The minimum Gasteiger partial charge on any atom is -0.487 e. The predicted octanol–water partition coefficient (Wildman–Crippen LogP) is 2.52. The van der Waals surface area contributed by atoms with Gasteiger partial charge in [0.05, 0.1) is 17.3 Å². The van der Waals surface area contributed by atoms with Gasteiger partial charge < -0.3 is 24.8 Å². The zero-order valence-corrected chi connectivity index (χ0v) is 17.3. The molecule has 1 aliphatic heterocycles. The highest BCUT2D eigenvalue weighted by Crippen LogP contribution is 2.40. The average molecular weight is 448 g/mol. The summed E-state index contributed by atoms with van der Waals surface area (Å²) in [5.41, 5.74) is 1.87. The first kappa shape index (κ1) is 21.2. The van der Waals surface area contributed by atoms with E-state index in [9.17, 15) is 23.4 Å². The fraction of sp³-hybridized carbons (Fsp3) is 0.455. The SMILES string of the molecule is Cc1ncnc2c1ccn2C1CC(Oc2cc(C(F)(F)F)cc3c2CNCC3)[C@@H](O)[C@H]1O. The molecule has 0 saturated heterocycles. The molecule has 32 heavy (non-hydrogen) atoms. The van der Waals surface area contributed by atoms with E-state index in [2.05, 4.69) is 15.3 Å². The predicted molar refractivity (Wildman–Crippen MR) is 109 cm³/mol. The van der Waals surface area contributed by atoms with E-state index in [0.717, 1.165) is 17.1 Å². The second kappa shape index (κ2) is 7.72. The summed E-state index contributed by atoms with van der Waals surface area (Å²) in [5.74, 6) is 0.0921. The van der Waals surface area contributed by atoms with Crippen LogP contribution >= 0.6 is 0 Å². The third kappa shape index (κ3) is 3.52. The van der Waals surface area contributed by atoms with Crippen LogP contribution in [0.2, 0.25) is 0 Å². The van der Waals surface area contributed by atoms with Crippen molar-refractivity contribution < 1.29 is 28.1 Å². The molecule has 5 rings (SSSR count). The molecule has 2 aliphatic rings. The molecule has 10 heteroatoms. The first-order chi connectivity index (χ1) is 15.2. The molecule has 1 saturated carbocycles. The third-order valence-corrected chi connectivity index (χ3v) is 6.44. The lowest BCUT2D eigenvalue weighted by molar-refractivity contribution is -0.137. The summed E-state index contributed by atoms with van der Waals surface area (Å²) in [5, 5.41) is 25.4. The summed E-state index contributed by atoms with van der Waals surface area (Å²) in [6.45, 7) is 2.82. The Kier molecular flexibility index (Phi) is 5.11. The van der Waals surface area contributed by atoms with E-state index in [1.165, 1.54) is 12.4 Å². The van der Waals surface area contributed by atoms with Crippen LogP contribution in [-0.2, 0) is 19.1 Å². The van der Waals surface area contributed by atoms with E-state index in [4.69, 9.17) is 4.74 Å². The summed E-state index contributed by atoms with van der Waals surface area (Å²) >= 11 is 0. The highest BCUT2D eigenvalue weighted by Gasteiger charge is 2.45. The molecule has 2 aromatic heterocycles. The van der Waals surface area contributed by atoms with Crippen molar-refractivity contribution in [2.45, 2.75) is 56.8 Å². The summed E-state index contributed by atoms with van der Waals surface area (Å²) in [6.07, 6.45) is -3.92. The number of aliphatic hydroxyl groups is 2. The maximum atomic E-state index is 13.4. The quantitative estimate of drug-likeness (QED) is 0.570. The van der Waals surface area contributed by atoms with Crippen molar-refractivity contribution in [1.29, 1.82) is 0 Å². The van der Waals surface area contributed by atoms with E-state index in [-0.39, 0.29) is 12.2 Å². The maximum Gasteiger partial charge on any atom is 0.416 e. The first-order valence-electron chi connectivity index (χ1n) is 10.5. The van der Waals surface area contributed by atoms with Crippen molar-refractivity contribution in [2.24, 2.45) is 0 Å². The summed E-state index contributed by atoms with van der Waals surface area (Å²) < 4.78 is 48.1. The Hall–Kier alpha value is -2.69. The minimum atomic E-state index is -4.50. The van der Waals surface area contributed by atoms with Crippen molar-refractivity contribution in [3.05, 3.63) is 53.1 Å². The van der Waals surface area contributed by atoms with Gasteiger partial charge in [-0.3, -0.25) is 0 Å². The van der Waals surface area contributed by atoms with Gasteiger partial charge in [-0.25, -0.2) is 9.97 Å². The Balaban J connectivity index is 1.47. The lowest BCUT2D eigenvalue weighted by Gasteiger charge is -2.25. The molecule has 7 nitrogen and oxygen atoms in total. The number of ether oxygens (including phenoxy) is 1. The van der Waals surface area contributed by atoms with Crippen LogP contribution < -0.4 is 10.1 Å². The number of aromatic nitrogens is 3. The van der Waals surface area contributed by atoms with Crippen molar-refractivity contribution >= 4 is 11.0 Å². The highest BCUT2D eigenvalue weighted by molar-refractivity contribution is 5.78. The molecule has 1 fully saturated rings. The second-order valence-electron chi connectivity index (χ2n) is 8.40. The molecule has 1 aromatic carbocycles. The number of benzene rings is 1. The Labute approximate surface area is 181 Å². The van der Waals surface area contributed by atoms with Gasteiger partial charge in [-0.15, -0.1) is 0 Å². The Morgan fingerprint density at radius 3 is 2.78 bits per heavy atom. The van der Waals surface area contributed by atoms with Crippen LogP contribution in [0, 0.1) is 6.92 Å². The molecule has 0 radical (unpaired) electrons. The van der Waals surface area contributed by atoms with E-state index in [1.54, 1.807) is 10.8 Å². The summed E-state index contributed by atoms with van der Waals surface area (Å²) in [7, 11) is 0. The van der Waals surface area contributed by atoms with Gasteiger partial charge in [0.15, 0.2) is 0 Å². The Morgan fingerprint density at radius 2 is 2.00 bits per heavy atom. The van der Waals surface area contributed by atoms with Crippen molar-refractivity contribution in [3.8, 4) is 5.75 Å². The van der Waals surface area contributed by atoms with Crippen molar-refractivity contribution in [1.82, 2.24) is 19.9 Å². The van der Waals surface area contributed by atoms with Gasteiger partial charge in [0, 0.05) is 30.1 Å². The molecule has 3 aromatic rings. The molecule has 0 spiro atoms. The van der Waals surface area contributed by atoms with Gasteiger partial charge in [0.2, 0.25) is 0 Å². The molecular formula is C22H23F3N4O3. The van der Waals surface area contributed by atoms with Gasteiger partial charge in [0.1, 0.15) is 36.0 Å². The van der Waals surface area contributed by atoms with Crippen LogP contribution in [0.25, 0.3) is 11.0 Å². The van der Waals surface area contributed by atoms with Gasteiger partial charge in [0.25, 0.3) is 0 Å². The molecular weight excluding hydrogens is 425 g/mol. The highest BCUT2D eigenvalue weighted by atomic mass is 19.4. The third-order valence-electron chi connectivity index (χ3n) is 6.44. The topological polar surface area (TPSA) is 92.4 Å². The van der Waals surface area contributed by atoms with Gasteiger partial charge in [-0.05, 0) is 43.7 Å². The number of nitrogens with one attached hydrogen (secondary N) is 1. The smallest absolute Gasteiger partial charge is 0.416 e. The zero-order chi connectivity index (χ0) is 22.6. The lowest BCUT2D eigenvalue weighted by Crippen LogP contribution is -2.35. The molecule has 4 atom stereocenters. The van der Waals surface area contributed by atoms with Gasteiger partial charge in [-0.2, -0.15) is 13.2 Å². The number of hydrogen-bond acceptors (Lipinski definition) is 6. The molecule has 170 valence electrons. The van der Waals surface area contributed by atoms with Gasteiger partial charge in [-0.1, -0.05) is 0 Å². The van der Waals surface area contributed by atoms with Crippen LogP contribution in [0.1, 0.15) is 34.8 Å². The van der Waals surface area contributed by atoms with E-state index in [0.29, 0.717) is 36.3 Å². The summed E-state index contributed by atoms with van der Waals surface area (Å²) in [4.78, 5) is 8.46. The zero-order valence-electron chi connectivity index (χ0n) is 17.3. The standard InChI is InChI=1S/C22H23F3N4O3/c1-11-14-3-5-29(21(14)28-10-27-11)16-8-18(20(31)19(16)30)32-17-7-13(22(23,24)25)6-12-2-4-26-9-15(12)17/h3,5-7,10,16,18-20,26,30-31H,2,4,8-9H2,1H3/t16?,18?,19-,20+/m0/s1. The molecule has 3 heterocycles. The van der Waals surface area contributed by atoms with E-state index < -0.39 is 36.1 Å². The summed E-state index contributed by atoms with van der Waals surface area (Å²) in [6, 6.07) is 3.45. The van der Waals surface area contributed by atoms with Gasteiger partial charge >= 0.3 is 6.18 Å². The molecule has 3 N–H and O–H groups in total. The van der Waals surface area contributed by atoms with Crippen molar-refractivity contribution in [3.63, 3.8) is 0 Å². The van der Waals surface area contributed by atoms with Crippen LogP contribution in [0.15, 0.2) is 30.7 Å². The molecule has 0 amide bonds. The fourth-order valence-electron chi connectivity index (χ4n) is 4.72. The largest absolute Gasteiger partial charge is 0.487 e. The maximum absolute atomic E-state index is 13.4. The van der Waals surface area contributed by atoms with Crippen LogP contribution in [0.5, 0.6) is 5.75 Å². The second-order valence-corrected chi connectivity index (χ2v) is 8.40. The number of nitrogens with zero attached hydrogens (tertiary/aromatic N) is 3. The number of alkyl halides is 3. The van der Waals surface area contributed by atoms with E-state index >= 15 is 0 Å². The van der Waals surface area contributed by atoms with Crippen LogP contribution in [0.4, 0.5) is 13.2 Å². The minimum absolute atomic E-state index is 0.0921. The molecule has 2 unspecified atom stereocenters. The molecule has 0 bridgehead atoms. The monoisotopic (exact) mass is 448 g/mol. The Morgan fingerprint density at radius 1 is 1.19 bits per heavy atom.